The number of fused-ring (bicyclic) bond motifs is 1. The van der Waals surface area contributed by atoms with Gasteiger partial charge in [0.05, 0.1) is 0 Å². The third-order valence-electron chi connectivity index (χ3n) is 4.35. The molecule has 1 atom stereocenters. The number of allylic oxidation sites excluding steroid dienone is 1. The second-order valence-electron chi connectivity index (χ2n) is 6.30. The first-order valence-corrected chi connectivity index (χ1v) is 8.17. The number of carbonyl (C=O) groups excluding carboxylic acids is 1. The Morgan fingerprint density at radius 1 is 1.26 bits per heavy atom. The van der Waals surface area contributed by atoms with Crippen LogP contribution in [0.3, 0.4) is 0 Å². The summed E-state index contributed by atoms with van der Waals surface area (Å²) >= 11 is 0. The van der Waals surface area contributed by atoms with Crippen LogP contribution in [0.2, 0.25) is 0 Å². The van der Waals surface area contributed by atoms with Crippen molar-refractivity contribution in [1.82, 2.24) is 10.2 Å². The molecule has 1 aliphatic heterocycles. The van der Waals surface area contributed by atoms with Gasteiger partial charge < -0.3 is 14.8 Å². The number of nitrogens with one attached hydrogen (secondary N) is 1. The Bertz CT molecular complexity index is 610. The van der Waals surface area contributed by atoms with Gasteiger partial charge in [0.25, 0.3) is 0 Å². The van der Waals surface area contributed by atoms with Gasteiger partial charge in [-0.05, 0) is 57.5 Å². The molecule has 2 aliphatic rings. The molecule has 0 aromatic heterocycles. The number of carbonyl (C=O) groups is 1. The van der Waals surface area contributed by atoms with Crippen molar-refractivity contribution in [3.8, 4) is 11.5 Å². The van der Waals surface area contributed by atoms with E-state index in [0.29, 0.717) is 12.3 Å². The summed E-state index contributed by atoms with van der Waals surface area (Å²) in [5.74, 6) is 1.46. The summed E-state index contributed by atoms with van der Waals surface area (Å²) in [5.41, 5.74) is 2.25. The van der Waals surface area contributed by atoms with Crippen LogP contribution in [0.1, 0.15) is 37.3 Å². The predicted molar refractivity (Wildman–Crippen MR) is 88.6 cm³/mol. The first-order valence-electron chi connectivity index (χ1n) is 8.17. The summed E-state index contributed by atoms with van der Waals surface area (Å²) in [4.78, 5) is 14.6. The Hall–Kier alpha value is -2.01. The Morgan fingerprint density at radius 2 is 2.09 bits per heavy atom. The van der Waals surface area contributed by atoms with Gasteiger partial charge in [0.2, 0.25) is 12.7 Å². The van der Waals surface area contributed by atoms with Crippen molar-refractivity contribution in [2.75, 3.05) is 27.4 Å². The number of hydrogen-bond donors (Lipinski definition) is 1. The molecule has 1 amide bonds. The molecule has 1 aromatic carbocycles. The highest BCUT2D eigenvalue weighted by Crippen LogP contribution is 2.35. The van der Waals surface area contributed by atoms with Gasteiger partial charge in [0.15, 0.2) is 11.5 Å². The number of benzene rings is 1. The van der Waals surface area contributed by atoms with E-state index in [-0.39, 0.29) is 18.7 Å². The minimum absolute atomic E-state index is 0.0142. The van der Waals surface area contributed by atoms with Gasteiger partial charge in [-0.1, -0.05) is 17.7 Å². The van der Waals surface area contributed by atoms with Crippen LogP contribution in [0.25, 0.3) is 0 Å². The molecule has 0 fully saturated rings. The van der Waals surface area contributed by atoms with E-state index in [1.807, 2.05) is 37.2 Å². The van der Waals surface area contributed by atoms with E-state index >= 15 is 0 Å². The van der Waals surface area contributed by atoms with Crippen molar-refractivity contribution in [2.45, 2.75) is 31.7 Å². The molecular formula is C18H24N2O3. The first-order chi connectivity index (χ1) is 11.1. The normalized spacial score (nSPS) is 17.8. The monoisotopic (exact) mass is 316 g/mol. The molecule has 0 radical (unpaired) electrons. The van der Waals surface area contributed by atoms with E-state index in [4.69, 9.17) is 9.47 Å². The molecule has 5 heteroatoms. The average molecular weight is 316 g/mol. The van der Waals surface area contributed by atoms with Crippen LogP contribution in [-0.2, 0) is 4.79 Å². The van der Waals surface area contributed by atoms with Crippen LogP contribution in [0.5, 0.6) is 11.5 Å². The summed E-state index contributed by atoms with van der Waals surface area (Å²) in [6, 6.07) is 5.35. The Morgan fingerprint density at radius 3 is 2.83 bits per heavy atom. The highest BCUT2D eigenvalue weighted by Gasteiger charge is 2.25. The van der Waals surface area contributed by atoms with E-state index in [0.717, 1.165) is 24.2 Å². The number of amides is 1. The molecule has 5 nitrogen and oxygen atoms in total. The van der Waals surface area contributed by atoms with E-state index in [2.05, 4.69) is 11.4 Å². The molecule has 0 saturated heterocycles. The van der Waals surface area contributed by atoms with Gasteiger partial charge in [-0.3, -0.25) is 9.69 Å². The molecule has 23 heavy (non-hydrogen) atoms. The number of rotatable bonds is 5. The Kier molecular flexibility index (Phi) is 4.86. The summed E-state index contributed by atoms with van der Waals surface area (Å²) in [6.45, 7) is 0.888. The molecule has 1 aliphatic carbocycles. The summed E-state index contributed by atoms with van der Waals surface area (Å²) in [7, 11) is 3.82. The molecule has 124 valence electrons. The second-order valence-corrected chi connectivity index (χ2v) is 6.30. The largest absolute Gasteiger partial charge is 0.454 e. The SMILES string of the molecule is CN(C)[C@H](C(=O)NCC1=CCCCC1)c1ccc2c(c1)OCO2. The fraction of sp³-hybridized carbons (Fsp3) is 0.500. The van der Waals surface area contributed by atoms with Gasteiger partial charge in [0, 0.05) is 6.54 Å². The lowest BCUT2D eigenvalue weighted by Gasteiger charge is -2.24. The lowest BCUT2D eigenvalue weighted by atomic mass is 9.99. The summed E-state index contributed by atoms with van der Waals surface area (Å²) < 4.78 is 10.8. The molecule has 1 heterocycles. The molecule has 3 rings (SSSR count). The third-order valence-corrected chi connectivity index (χ3v) is 4.35. The Balaban J connectivity index is 1.70. The smallest absolute Gasteiger partial charge is 0.242 e. The van der Waals surface area contributed by atoms with Crippen LogP contribution < -0.4 is 14.8 Å². The van der Waals surface area contributed by atoms with Crippen LogP contribution in [-0.4, -0.2) is 38.2 Å². The summed E-state index contributed by atoms with van der Waals surface area (Å²) in [6.07, 6.45) is 6.96. The van der Waals surface area contributed by atoms with Crippen LogP contribution in [0.15, 0.2) is 29.8 Å². The number of nitrogens with zero attached hydrogens (tertiary/aromatic N) is 1. The lowest BCUT2D eigenvalue weighted by Crippen LogP contribution is -2.38. The quantitative estimate of drug-likeness (QED) is 0.849. The van der Waals surface area contributed by atoms with Crippen LogP contribution in [0, 0.1) is 0 Å². The van der Waals surface area contributed by atoms with Gasteiger partial charge in [-0.15, -0.1) is 0 Å². The minimum Gasteiger partial charge on any atom is -0.454 e. The van der Waals surface area contributed by atoms with E-state index in [9.17, 15) is 4.79 Å². The van der Waals surface area contributed by atoms with E-state index < -0.39 is 0 Å². The van der Waals surface area contributed by atoms with Gasteiger partial charge >= 0.3 is 0 Å². The van der Waals surface area contributed by atoms with Crippen molar-refractivity contribution in [3.63, 3.8) is 0 Å². The fourth-order valence-corrected chi connectivity index (χ4v) is 3.13. The maximum Gasteiger partial charge on any atom is 0.242 e. The van der Waals surface area contributed by atoms with Crippen molar-refractivity contribution < 1.29 is 14.3 Å². The molecular weight excluding hydrogens is 292 g/mol. The maximum atomic E-state index is 12.7. The zero-order valence-corrected chi connectivity index (χ0v) is 13.8. The predicted octanol–water partition coefficient (Wildman–Crippen LogP) is 2.63. The standard InChI is InChI=1S/C18H24N2O3/c1-20(2)17(14-8-9-15-16(10-14)23-12-22-15)18(21)19-11-13-6-4-3-5-7-13/h6,8-10,17H,3-5,7,11-12H2,1-2H3,(H,19,21)/t17-/m0/s1. The molecule has 0 unspecified atom stereocenters. The number of likely N-dealkylation sites (N-methyl/N-ethyl adjacent to an activating group) is 1. The van der Waals surface area contributed by atoms with Crippen molar-refractivity contribution in [3.05, 3.63) is 35.4 Å². The maximum absolute atomic E-state index is 12.7. The van der Waals surface area contributed by atoms with Gasteiger partial charge in [-0.25, -0.2) is 0 Å². The van der Waals surface area contributed by atoms with Gasteiger partial charge in [0.1, 0.15) is 6.04 Å². The Labute approximate surface area is 137 Å². The van der Waals surface area contributed by atoms with Crippen molar-refractivity contribution in [1.29, 1.82) is 0 Å². The fourth-order valence-electron chi connectivity index (χ4n) is 3.13. The lowest BCUT2D eigenvalue weighted by molar-refractivity contribution is -0.125. The van der Waals surface area contributed by atoms with Gasteiger partial charge in [-0.2, -0.15) is 0 Å². The molecule has 1 aromatic rings. The van der Waals surface area contributed by atoms with E-state index in [1.54, 1.807) is 0 Å². The van der Waals surface area contributed by atoms with Crippen molar-refractivity contribution in [2.24, 2.45) is 0 Å². The highest BCUT2D eigenvalue weighted by atomic mass is 16.7. The van der Waals surface area contributed by atoms with Crippen molar-refractivity contribution >= 4 is 5.91 Å². The molecule has 1 N–H and O–H groups in total. The first kappa shape index (κ1) is 15.9. The van der Waals surface area contributed by atoms with E-state index in [1.165, 1.54) is 18.4 Å². The third kappa shape index (κ3) is 3.67. The topological polar surface area (TPSA) is 50.8 Å². The van der Waals surface area contributed by atoms with Crippen LogP contribution >= 0.6 is 0 Å². The number of hydrogen-bond acceptors (Lipinski definition) is 4. The average Bonchev–Trinajstić information content (AvgIpc) is 3.01. The molecule has 0 saturated carbocycles. The zero-order chi connectivity index (χ0) is 16.2. The minimum atomic E-state index is -0.339. The molecule has 0 bridgehead atoms. The summed E-state index contributed by atoms with van der Waals surface area (Å²) in [5, 5.41) is 3.08. The molecule has 0 spiro atoms. The highest BCUT2D eigenvalue weighted by molar-refractivity contribution is 5.83. The van der Waals surface area contributed by atoms with Crippen LogP contribution in [0.4, 0.5) is 0 Å². The zero-order valence-electron chi connectivity index (χ0n) is 13.8. The number of ether oxygens (including phenoxy) is 2. The second kappa shape index (κ2) is 7.04.